The first-order valence-corrected chi connectivity index (χ1v) is 10.1. The molecule has 0 radical (unpaired) electrons. The zero-order valence-corrected chi connectivity index (χ0v) is 16.9. The first-order chi connectivity index (χ1) is 13.3. The highest BCUT2D eigenvalue weighted by molar-refractivity contribution is 5.97. The summed E-state index contributed by atoms with van der Waals surface area (Å²) in [6, 6.07) is 7.33. The molecule has 7 heteroatoms. The molecule has 3 heterocycles. The molecule has 0 aliphatic carbocycles. The number of benzene rings is 1. The molecule has 0 aromatic heterocycles. The molecule has 4 rings (SSSR count). The van der Waals surface area contributed by atoms with Crippen molar-refractivity contribution >= 4 is 11.8 Å². The molecule has 2 fully saturated rings. The molecule has 28 heavy (non-hydrogen) atoms. The van der Waals surface area contributed by atoms with E-state index in [1.165, 1.54) is 0 Å². The Kier molecular flexibility index (Phi) is 4.83. The van der Waals surface area contributed by atoms with Gasteiger partial charge < -0.3 is 15.0 Å². The summed E-state index contributed by atoms with van der Waals surface area (Å²) in [5.74, 6) is 0.580. The Labute approximate surface area is 166 Å². The quantitative estimate of drug-likeness (QED) is 0.681. The summed E-state index contributed by atoms with van der Waals surface area (Å²) < 4.78 is 6.36. The fourth-order valence-corrected chi connectivity index (χ4v) is 4.37. The lowest BCUT2D eigenvalue weighted by atomic mass is 9.84. The van der Waals surface area contributed by atoms with Crippen LogP contribution in [0.2, 0.25) is 0 Å². The zero-order valence-electron chi connectivity index (χ0n) is 16.9. The minimum Gasteiger partial charge on any atom is -0.483 e. The Bertz CT molecular complexity index is 775. The number of ether oxygens (including phenoxy) is 1. The van der Waals surface area contributed by atoms with E-state index in [1.807, 2.05) is 23.1 Å². The van der Waals surface area contributed by atoms with E-state index in [1.54, 1.807) is 6.07 Å². The molecule has 2 amide bonds. The van der Waals surface area contributed by atoms with Crippen molar-refractivity contribution in [3.05, 3.63) is 29.8 Å². The van der Waals surface area contributed by atoms with Gasteiger partial charge in [0.25, 0.3) is 5.91 Å². The molecular formula is C21H30N4O3. The number of amides is 2. The van der Waals surface area contributed by atoms with Gasteiger partial charge in [-0.3, -0.25) is 15.0 Å². The van der Waals surface area contributed by atoms with Gasteiger partial charge in [0.05, 0.1) is 18.7 Å². The van der Waals surface area contributed by atoms with Crippen molar-refractivity contribution in [3.63, 3.8) is 0 Å². The van der Waals surface area contributed by atoms with Crippen LogP contribution >= 0.6 is 0 Å². The fourth-order valence-electron chi connectivity index (χ4n) is 4.37. The van der Waals surface area contributed by atoms with E-state index in [0.717, 1.165) is 25.8 Å². The summed E-state index contributed by atoms with van der Waals surface area (Å²) in [4.78, 5) is 27.5. The zero-order chi connectivity index (χ0) is 19.9. The topological polar surface area (TPSA) is 82.7 Å². The Hall–Kier alpha value is -2.12. The van der Waals surface area contributed by atoms with Gasteiger partial charge in [-0.2, -0.15) is 0 Å². The number of likely N-dealkylation sites (tertiary alicyclic amines) is 1. The monoisotopic (exact) mass is 386 g/mol. The van der Waals surface area contributed by atoms with Gasteiger partial charge in [0.2, 0.25) is 5.91 Å². The number of hydrogen-bond acceptors (Lipinski definition) is 5. The van der Waals surface area contributed by atoms with Crippen LogP contribution in [0.4, 0.5) is 0 Å². The standard InChI is InChI=1S/C21H30N4O3/c1-20(2,3)17-11-15(23-24-17)19(27)25-10-6-9-21(13-25)12-22-18(26)14-7-4-5-8-16(14)28-21/h4-5,7-8,15,17,23-24H,6,9-13H2,1-3H3,(H,22,26). The minimum atomic E-state index is -0.578. The summed E-state index contributed by atoms with van der Waals surface area (Å²) in [6.07, 6.45) is 2.44. The van der Waals surface area contributed by atoms with Crippen molar-refractivity contribution in [1.82, 2.24) is 21.1 Å². The molecule has 7 nitrogen and oxygen atoms in total. The van der Waals surface area contributed by atoms with Crippen molar-refractivity contribution in [2.45, 2.75) is 57.7 Å². The fraction of sp³-hybridized carbons (Fsp3) is 0.619. The highest BCUT2D eigenvalue weighted by Crippen LogP contribution is 2.33. The SMILES string of the molecule is CC(C)(C)C1CC(C(=O)N2CCCC3(CNC(=O)c4ccccc4O3)C2)NN1. The van der Waals surface area contributed by atoms with Gasteiger partial charge in [-0.25, -0.2) is 5.43 Å². The van der Waals surface area contributed by atoms with Crippen LogP contribution in [0.1, 0.15) is 50.4 Å². The maximum atomic E-state index is 13.2. The van der Waals surface area contributed by atoms with Crippen LogP contribution < -0.4 is 20.9 Å². The van der Waals surface area contributed by atoms with Crippen LogP contribution in [0.5, 0.6) is 5.75 Å². The Morgan fingerprint density at radius 1 is 1.25 bits per heavy atom. The molecule has 3 atom stereocenters. The van der Waals surface area contributed by atoms with Gasteiger partial charge in [0, 0.05) is 12.6 Å². The number of carbonyl (C=O) groups is 2. The molecule has 0 saturated carbocycles. The second-order valence-corrected chi connectivity index (χ2v) is 9.32. The lowest BCUT2D eigenvalue weighted by molar-refractivity contribution is -0.138. The normalized spacial score (nSPS) is 30.4. The van der Waals surface area contributed by atoms with Crippen LogP contribution in [-0.2, 0) is 4.79 Å². The largest absolute Gasteiger partial charge is 0.483 e. The van der Waals surface area contributed by atoms with E-state index in [4.69, 9.17) is 4.74 Å². The van der Waals surface area contributed by atoms with Gasteiger partial charge in [0.15, 0.2) is 0 Å². The molecule has 0 bridgehead atoms. The third kappa shape index (κ3) is 3.61. The van der Waals surface area contributed by atoms with Crippen LogP contribution in [0.25, 0.3) is 0 Å². The average Bonchev–Trinajstić information content (AvgIpc) is 3.12. The number of para-hydroxylation sites is 1. The van der Waals surface area contributed by atoms with Crippen molar-refractivity contribution in [3.8, 4) is 5.75 Å². The molecule has 1 spiro atoms. The van der Waals surface area contributed by atoms with Gasteiger partial charge in [-0.05, 0) is 36.8 Å². The Morgan fingerprint density at radius 3 is 2.79 bits per heavy atom. The van der Waals surface area contributed by atoms with Crippen LogP contribution in [0, 0.1) is 5.41 Å². The molecule has 3 N–H and O–H groups in total. The summed E-state index contributed by atoms with van der Waals surface area (Å²) in [7, 11) is 0. The minimum absolute atomic E-state index is 0.0868. The van der Waals surface area contributed by atoms with E-state index in [0.29, 0.717) is 24.4 Å². The number of fused-ring (bicyclic) bond motifs is 1. The lowest BCUT2D eigenvalue weighted by Crippen LogP contribution is -2.60. The maximum absolute atomic E-state index is 13.2. The van der Waals surface area contributed by atoms with Crippen molar-refractivity contribution in [2.24, 2.45) is 5.41 Å². The lowest BCUT2D eigenvalue weighted by Gasteiger charge is -2.42. The molecule has 3 unspecified atom stereocenters. The number of piperidine rings is 1. The second kappa shape index (κ2) is 7.04. The maximum Gasteiger partial charge on any atom is 0.255 e. The molecular weight excluding hydrogens is 356 g/mol. The van der Waals surface area contributed by atoms with E-state index in [-0.39, 0.29) is 29.3 Å². The highest BCUT2D eigenvalue weighted by atomic mass is 16.5. The number of hydrazine groups is 1. The number of carbonyl (C=O) groups excluding carboxylic acids is 2. The average molecular weight is 386 g/mol. The highest BCUT2D eigenvalue weighted by Gasteiger charge is 2.44. The summed E-state index contributed by atoms with van der Waals surface area (Å²) in [6.45, 7) is 8.14. The third-order valence-electron chi connectivity index (χ3n) is 6.13. The Morgan fingerprint density at radius 2 is 2.04 bits per heavy atom. The van der Waals surface area contributed by atoms with Crippen molar-refractivity contribution < 1.29 is 14.3 Å². The molecule has 3 aliphatic heterocycles. The van der Waals surface area contributed by atoms with Gasteiger partial charge in [0.1, 0.15) is 17.4 Å². The number of hydrogen-bond donors (Lipinski definition) is 3. The molecule has 1 aromatic rings. The molecule has 2 saturated heterocycles. The number of nitrogens with one attached hydrogen (secondary N) is 3. The van der Waals surface area contributed by atoms with E-state index >= 15 is 0 Å². The predicted octanol–water partition coefficient (Wildman–Crippen LogP) is 1.45. The van der Waals surface area contributed by atoms with E-state index in [9.17, 15) is 9.59 Å². The van der Waals surface area contributed by atoms with Crippen LogP contribution in [0.3, 0.4) is 0 Å². The van der Waals surface area contributed by atoms with Crippen LogP contribution in [0.15, 0.2) is 24.3 Å². The first kappa shape index (κ1) is 19.2. The third-order valence-corrected chi connectivity index (χ3v) is 6.13. The summed E-state index contributed by atoms with van der Waals surface area (Å²) in [5.41, 5.74) is 6.53. The second-order valence-electron chi connectivity index (χ2n) is 9.32. The number of rotatable bonds is 1. The van der Waals surface area contributed by atoms with E-state index < -0.39 is 5.60 Å². The molecule has 1 aromatic carbocycles. The Balaban J connectivity index is 1.49. The van der Waals surface area contributed by atoms with Gasteiger partial charge >= 0.3 is 0 Å². The molecule has 152 valence electrons. The number of nitrogens with zero attached hydrogens (tertiary/aromatic N) is 1. The van der Waals surface area contributed by atoms with Crippen molar-refractivity contribution in [1.29, 1.82) is 0 Å². The smallest absolute Gasteiger partial charge is 0.255 e. The first-order valence-electron chi connectivity index (χ1n) is 10.1. The predicted molar refractivity (Wildman–Crippen MR) is 106 cm³/mol. The summed E-state index contributed by atoms with van der Waals surface area (Å²) in [5, 5.41) is 2.99. The molecule has 3 aliphatic rings. The summed E-state index contributed by atoms with van der Waals surface area (Å²) >= 11 is 0. The van der Waals surface area contributed by atoms with Crippen molar-refractivity contribution in [2.75, 3.05) is 19.6 Å². The van der Waals surface area contributed by atoms with Gasteiger partial charge in [-0.1, -0.05) is 32.9 Å². The van der Waals surface area contributed by atoms with E-state index in [2.05, 4.69) is 36.9 Å². The van der Waals surface area contributed by atoms with Gasteiger partial charge in [-0.15, -0.1) is 0 Å². The van der Waals surface area contributed by atoms with Crippen LogP contribution in [-0.4, -0.2) is 54.0 Å².